The number of hydrogen-bond acceptors (Lipinski definition) is 5. The molecule has 2 aliphatic rings. The maximum atomic E-state index is 12.1. The van der Waals surface area contributed by atoms with Crippen LogP contribution in [-0.4, -0.2) is 89.6 Å². The first-order valence-corrected chi connectivity index (χ1v) is 6.55. The van der Waals surface area contributed by atoms with Gasteiger partial charge in [0, 0.05) is 20.1 Å². The first-order chi connectivity index (χ1) is 9.88. The number of urea groups is 1. The number of aliphatic carboxylic acids is 1. The second-order valence-electron chi connectivity index (χ2n) is 5.05. The van der Waals surface area contributed by atoms with Gasteiger partial charge in [-0.25, -0.2) is 4.79 Å². The summed E-state index contributed by atoms with van der Waals surface area (Å²) in [6.07, 6.45) is -0.749. The molecule has 1 unspecified atom stereocenters. The fourth-order valence-electron chi connectivity index (χ4n) is 2.32. The predicted octanol–water partition coefficient (Wildman–Crippen LogP) is -1.42. The number of amides is 4. The van der Waals surface area contributed by atoms with Gasteiger partial charge >= 0.3 is 12.0 Å². The van der Waals surface area contributed by atoms with Crippen LogP contribution in [0.15, 0.2) is 0 Å². The van der Waals surface area contributed by atoms with Gasteiger partial charge < -0.3 is 19.6 Å². The van der Waals surface area contributed by atoms with E-state index in [0.29, 0.717) is 6.54 Å². The monoisotopic (exact) mass is 299 g/mol. The highest BCUT2D eigenvalue weighted by Crippen LogP contribution is 2.12. The van der Waals surface area contributed by atoms with E-state index >= 15 is 0 Å². The average Bonchev–Trinajstić information content (AvgIpc) is 2.65. The van der Waals surface area contributed by atoms with Crippen molar-refractivity contribution in [2.24, 2.45) is 0 Å². The summed E-state index contributed by atoms with van der Waals surface area (Å²) in [5, 5.41) is 8.73. The van der Waals surface area contributed by atoms with E-state index in [1.165, 1.54) is 16.8 Å². The number of carboxylic acid groups (broad SMARTS) is 1. The maximum Gasteiger partial charge on any atom is 0.327 e. The molecule has 0 aromatic rings. The minimum atomic E-state index is -0.999. The predicted molar refractivity (Wildman–Crippen MR) is 68.3 cm³/mol. The lowest BCUT2D eigenvalue weighted by molar-refractivity contribution is -0.148. The van der Waals surface area contributed by atoms with Gasteiger partial charge in [-0.1, -0.05) is 0 Å². The zero-order valence-electron chi connectivity index (χ0n) is 11.7. The third-order valence-corrected chi connectivity index (χ3v) is 3.42. The summed E-state index contributed by atoms with van der Waals surface area (Å²) in [4.78, 5) is 49.7. The number of morpholine rings is 1. The van der Waals surface area contributed by atoms with Gasteiger partial charge in [-0.05, 0) is 0 Å². The van der Waals surface area contributed by atoms with Crippen molar-refractivity contribution in [3.05, 3.63) is 0 Å². The van der Waals surface area contributed by atoms with Gasteiger partial charge in [0.05, 0.1) is 19.1 Å². The lowest BCUT2D eigenvalue weighted by atomic mass is 10.2. The molecule has 0 bridgehead atoms. The van der Waals surface area contributed by atoms with E-state index in [2.05, 4.69) is 0 Å². The summed E-state index contributed by atoms with van der Waals surface area (Å²) in [6, 6.07) is -0.497. The fourth-order valence-corrected chi connectivity index (χ4v) is 2.32. The molecule has 0 aromatic carbocycles. The summed E-state index contributed by atoms with van der Waals surface area (Å²) in [6.45, 7) is 0.363. The van der Waals surface area contributed by atoms with Gasteiger partial charge in [-0.3, -0.25) is 19.3 Å². The zero-order chi connectivity index (χ0) is 15.6. The highest BCUT2D eigenvalue weighted by molar-refractivity contribution is 6.04. The minimum Gasteiger partial charge on any atom is -0.481 e. The molecule has 21 heavy (non-hydrogen) atoms. The summed E-state index contributed by atoms with van der Waals surface area (Å²) in [5.41, 5.74) is 0. The largest absolute Gasteiger partial charge is 0.481 e. The van der Waals surface area contributed by atoms with Crippen molar-refractivity contribution in [3.8, 4) is 0 Å². The summed E-state index contributed by atoms with van der Waals surface area (Å²) >= 11 is 0. The van der Waals surface area contributed by atoms with Crippen LogP contribution in [0.5, 0.6) is 0 Å². The Bertz CT molecular complexity index is 480. The first-order valence-electron chi connectivity index (χ1n) is 6.55. The van der Waals surface area contributed by atoms with Crippen molar-refractivity contribution >= 4 is 23.8 Å². The second kappa shape index (κ2) is 6.08. The molecular weight excluding hydrogens is 282 g/mol. The van der Waals surface area contributed by atoms with Crippen LogP contribution in [0.2, 0.25) is 0 Å². The van der Waals surface area contributed by atoms with Crippen molar-refractivity contribution in [1.29, 1.82) is 0 Å². The summed E-state index contributed by atoms with van der Waals surface area (Å²) in [7, 11) is 1.49. The number of carboxylic acids is 1. The highest BCUT2D eigenvalue weighted by Gasteiger charge is 2.36. The van der Waals surface area contributed by atoms with Gasteiger partial charge in [0.1, 0.15) is 13.1 Å². The normalized spacial score (nSPS) is 22.9. The van der Waals surface area contributed by atoms with E-state index in [1.54, 1.807) is 0 Å². The fraction of sp³-hybridized carbons (Fsp3) is 0.667. The van der Waals surface area contributed by atoms with E-state index in [1.807, 2.05) is 0 Å². The SMILES string of the molecule is CN1CC(=O)N(CC(=O)N2CCOC(CC(=O)O)C2)C1=O. The molecule has 0 aliphatic carbocycles. The van der Waals surface area contributed by atoms with Crippen molar-refractivity contribution in [2.75, 3.05) is 39.8 Å². The molecule has 1 atom stereocenters. The molecule has 9 heteroatoms. The van der Waals surface area contributed by atoms with Crippen LogP contribution in [0.3, 0.4) is 0 Å². The standard InChI is InChI=1S/C12H17N3O6/c1-13-6-10(17)15(12(13)20)7-9(16)14-2-3-21-8(5-14)4-11(18)19/h8H,2-7H2,1H3,(H,18,19). The summed E-state index contributed by atoms with van der Waals surface area (Å²) < 4.78 is 5.27. The molecule has 0 aromatic heterocycles. The van der Waals surface area contributed by atoms with Gasteiger partial charge in [0.2, 0.25) is 5.91 Å². The molecule has 2 saturated heterocycles. The van der Waals surface area contributed by atoms with Crippen LogP contribution in [0, 0.1) is 0 Å². The van der Waals surface area contributed by atoms with E-state index in [9.17, 15) is 19.2 Å². The number of carbonyl (C=O) groups excluding carboxylic acids is 3. The van der Waals surface area contributed by atoms with E-state index < -0.39 is 24.0 Å². The molecule has 1 N–H and O–H groups in total. The number of ether oxygens (including phenoxy) is 1. The lowest BCUT2D eigenvalue weighted by Crippen LogP contribution is -2.50. The quantitative estimate of drug-likeness (QED) is 0.639. The average molecular weight is 299 g/mol. The number of nitrogens with zero attached hydrogens (tertiary/aromatic N) is 3. The van der Waals surface area contributed by atoms with Crippen molar-refractivity contribution < 1.29 is 29.0 Å². The van der Waals surface area contributed by atoms with Gasteiger partial charge in [-0.15, -0.1) is 0 Å². The Morgan fingerprint density at radius 3 is 2.67 bits per heavy atom. The molecule has 2 aliphatic heterocycles. The lowest BCUT2D eigenvalue weighted by Gasteiger charge is -2.33. The van der Waals surface area contributed by atoms with Crippen LogP contribution in [0.4, 0.5) is 4.79 Å². The Morgan fingerprint density at radius 1 is 1.38 bits per heavy atom. The molecule has 0 saturated carbocycles. The van der Waals surface area contributed by atoms with Crippen LogP contribution >= 0.6 is 0 Å². The maximum absolute atomic E-state index is 12.1. The molecule has 9 nitrogen and oxygen atoms in total. The summed E-state index contributed by atoms with van der Waals surface area (Å²) in [5.74, 6) is -1.79. The van der Waals surface area contributed by atoms with E-state index in [-0.39, 0.29) is 38.6 Å². The minimum absolute atomic E-state index is 0.0309. The number of rotatable bonds is 4. The molecule has 0 spiro atoms. The number of carbonyl (C=O) groups is 4. The highest BCUT2D eigenvalue weighted by atomic mass is 16.5. The number of likely N-dealkylation sites (N-methyl/N-ethyl adjacent to an activating group) is 1. The molecule has 2 fully saturated rings. The van der Waals surface area contributed by atoms with Gasteiger partial charge in [-0.2, -0.15) is 0 Å². The van der Waals surface area contributed by atoms with Gasteiger partial charge in [0.25, 0.3) is 5.91 Å². The van der Waals surface area contributed by atoms with Crippen molar-refractivity contribution in [3.63, 3.8) is 0 Å². The second-order valence-corrected chi connectivity index (χ2v) is 5.05. The van der Waals surface area contributed by atoms with Crippen LogP contribution in [0.1, 0.15) is 6.42 Å². The zero-order valence-corrected chi connectivity index (χ0v) is 11.7. The Hall–Kier alpha value is -2.16. The van der Waals surface area contributed by atoms with E-state index in [0.717, 1.165) is 4.90 Å². The van der Waals surface area contributed by atoms with Crippen molar-refractivity contribution in [1.82, 2.24) is 14.7 Å². The van der Waals surface area contributed by atoms with Crippen LogP contribution in [0.25, 0.3) is 0 Å². The van der Waals surface area contributed by atoms with Gasteiger partial charge in [0.15, 0.2) is 0 Å². The smallest absolute Gasteiger partial charge is 0.327 e. The van der Waals surface area contributed by atoms with Crippen LogP contribution in [-0.2, 0) is 19.1 Å². The van der Waals surface area contributed by atoms with Crippen molar-refractivity contribution in [2.45, 2.75) is 12.5 Å². The molecular formula is C12H17N3O6. The molecule has 2 heterocycles. The Labute approximate surface area is 121 Å². The molecule has 2 rings (SSSR count). The number of imide groups is 1. The Balaban J connectivity index is 1.92. The third-order valence-electron chi connectivity index (χ3n) is 3.42. The third kappa shape index (κ3) is 3.48. The van der Waals surface area contributed by atoms with Crippen LogP contribution < -0.4 is 0 Å². The van der Waals surface area contributed by atoms with E-state index in [4.69, 9.17) is 9.84 Å². The number of hydrogen-bond donors (Lipinski definition) is 1. The Kier molecular flexibility index (Phi) is 4.41. The molecule has 4 amide bonds. The molecule has 0 radical (unpaired) electrons. The first kappa shape index (κ1) is 15.2. The topological polar surface area (TPSA) is 107 Å². The molecule has 116 valence electrons. The Morgan fingerprint density at radius 2 is 2.10 bits per heavy atom.